The lowest BCUT2D eigenvalue weighted by atomic mass is 10.2. The van der Waals surface area contributed by atoms with Crippen molar-refractivity contribution in [3.8, 4) is 0 Å². The molecule has 2 rings (SSSR count). The second-order valence-electron chi connectivity index (χ2n) is 4.57. The van der Waals surface area contributed by atoms with Crippen LogP contribution >= 0.6 is 11.6 Å². The summed E-state index contributed by atoms with van der Waals surface area (Å²) in [6.45, 7) is 4.64. The van der Waals surface area contributed by atoms with E-state index < -0.39 is 11.7 Å². The molecule has 0 unspecified atom stereocenters. The van der Waals surface area contributed by atoms with Gasteiger partial charge in [0.25, 0.3) is 0 Å². The molecule has 0 aliphatic carbocycles. The predicted molar refractivity (Wildman–Crippen MR) is 72.2 cm³/mol. The van der Waals surface area contributed by atoms with Crippen LogP contribution in [0.4, 0.5) is 18.9 Å². The highest BCUT2D eigenvalue weighted by Crippen LogP contribution is 2.33. The van der Waals surface area contributed by atoms with E-state index in [-0.39, 0.29) is 5.02 Å². The Morgan fingerprint density at radius 2 is 1.95 bits per heavy atom. The molecule has 0 amide bonds. The third-order valence-corrected chi connectivity index (χ3v) is 3.46. The zero-order valence-electron chi connectivity index (χ0n) is 10.8. The van der Waals surface area contributed by atoms with Gasteiger partial charge in [0.05, 0.1) is 29.5 Å². The van der Waals surface area contributed by atoms with Crippen LogP contribution in [0, 0.1) is 0 Å². The molecule has 1 aliphatic heterocycles. The van der Waals surface area contributed by atoms with Crippen LogP contribution in [0.15, 0.2) is 18.2 Å². The van der Waals surface area contributed by atoms with Gasteiger partial charge in [0.15, 0.2) is 0 Å². The minimum Gasteiger partial charge on any atom is -0.383 e. The van der Waals surface area contributed by atoms with Crippen molar-refractivity contribution in [1.29, 1.82) is 0 Å². The highest BCUT2D eigenvalue weighted by Gasteiger charge is 2.30. The van der Waals surface area contributed by atoms with Gasteiger partial charge in [0, 0.05) is 26.2 Å². The second kappa shape index (κ2) is 6.65. The Morgan fingerprint density at radius 3 is 2.55 bits per heavy atom. The van der Waals surface area contributed by atoms with Crippen molar-refractivity contribution in [2.24, 2.45) is 0 Å². The maximum absolute atomic E-state index is 12.5. The van der Waals surface area contributed by atoms with Gasteiger partial charge in [0.2, 0.25) is 0 Å². The average Bonchev–Trinajstić information content (AvgIpc) is 2.40. The molecule has 1 N–H and O–H groups in total. The number of nitrogens with zero attached hydrogens (tertiary/aromatic N) is 1. The fraction of sp³-hybridized carbons (Fsp3) is 0.538. The molecule has 0 radical (unpaired) electrons. The zero-order valence-corrected chi connectivity index (χ0v) is 11.6. The molecule has 0 atom stereocenters. The van der Waals surface area contributed by atoms with Crippen LogP contribution in [0.25, 0.3) is 0 Å². The second-order valence-corrected chi connectivity index (χ2v) is 4.98. The lowest BCUT2D eigenvalue weighted by molar-refractivity contribution is -0.137. The summed E-state index contributed by atoms with van der Waals surface area (Å²) in [4.78, 5) is 2.23. The van der Waals surface area contributed by atoms with Crippen molar-refractivity contribution < 1.29 is 17.9 Å². The van der Waals surface area contributed by atoms with E-state index in [0.29, 0.717) is 12.2 Å². The fourth-order valence-electron chi connectivity index (χ4n) is 2.01. The van der Waals surface area contributed by atoms with E-state index >= 15 is 0 Å². The Bertz CT molecular complexity index is 448. The van der Waals surface area contributed by atoms with Gasteiger partial charge in [-0.05, 0) is 18.2 Å². The number of anilines is 1. The largest absolute Gasteiger partial charge is 0.416 e. The topological polar surface area (TPSA) is 24.5 Å². The van der Waals surface area contributed by atoms with E-state index in [1.807, 2.05) is 0 Å². The first kappa shape index (κ1) is 15.4. The van der Waals surface area contributed by atoms with Crippen LogP contribution in [-0.2, 0) is 10.9 Å². The zero-order chi connectivity index (χ0) is 14.6. The lowest BCUT2D eigenvalue weighted by Gasteiger charge is -2.26. The van der Waals surface area contributed by atoms with Crippen LogP contribution in [0.2, 0.25) is 5.02 Å². The van der Waals surface area contributed by atoms with Gasteiger partial charge in [-0.1, -0.05) is 11.6 Å². The van der Waals surface area contributed by atoms with Crippen molar-refractivity contribution in [3.63, 3.8) is 0 Å². The molecule has 1 fully saturated rings. The Morgan fingerprint density at radius 1 is 1.25 bits per heavy atom. The number of benzene rings is 1. The maximum Gasteiger partial charge on any atom is 0.416 e. The Balaban J connectivity index is 1.86. The first-order valence-electron chi connectivity index (χ1n) is 6.37. The standard InChI is InChI=1S/C13H16ClF3N2O/c14-11-9-10(13(15,16)17)1-2-12(11)18-3-4-19-5-7-20-8-6-19/h1-2,9,18H,3-8H2. The molecule has 7 heteroatoms. The lowest BCUT2D eigenvalue weighted by Crippen LogP contribution is -2.39. The van der Waals surface area contributed by atoms with Crippen molar-refractivity contribution >= 4 is 17.3 Å². The van der Waals surface area contributed by atoms with Crippen molar-refractivity contribution in [2.75, 3.05) is 44.7 Å². The summed E-state index contributed by atoms with van der Waals surface area (Å²) in [5.41, 5.74) is -0.214. The SMILES string of the molecule is FC(F)(F)c1ccc(NCCN2CCOCC2)c(Cl)c1. The molecule has 0 bridgehead atoms. The number of nitrogens with one attached hydrogen (secondary N) is 1. The van der Waals surface area contributed by atoms with Crippen LogP contribution in [-0.4, -0.2) is 44.3 Å². The number of morpholine rings is 1. The highest BCUT2D eigenvalue weighted by molar-refractivity contribution is 6.33. The molecule has 1 heterocycles. The number of alkyl halides is 3. The minimum absolute atomic E-state index is 0.0850. The van der Waals surface area contributed by atoms with Gasteiger partial charge >= 0.3 is 6.18 Å². The summed E-state index contributed by atoms with van der Waals surface area (Å²) in [6, 6.07) is 3.34. The maximum atomic E-state index is 12.5. The van der Waals surface area contributed by atoms with Crippen LogP contribution in [0.5, 0.6) is 0 Å². The van der Waals surface area contributed by atoms with E-state index in [1.54, 1.807) is 0 Å². The number of rotatable bonds is 4. The molecular formula is C13H16ClF3N2O. The number of ether oxygens (including phenoxy) is 1. The highest BCUT2D eigenvalue weighted by atomic mass is 35.5. The normalized spacial score (nSPS) is 17.2. The van der Waals surface area contributed by atoms with Crippen LogP contribution in [0.1, 0.15) is 5.56 Å². The first-order valence-corrected chi connectivity index (χ1v) is 6.75. The minimum atomic E-state index is -4.37. The predicted octanol–water partition coefficient (Wildman–Crippen LogP) is 3.10. The third kappa shape index (κ3) is 4.26. The Kier molecular flexibility index (Phi) is 5.12. The monoisotopic (exact) mass is 308 g/mol. The molecule has 20 heavy (non-hydrogen) atoms. The number of halogens is 4. The van der Waals surface area contributed by atoms with E-state index in [4.69, 9.17) is 16.3 Å². The molecule has 3 nitrogen and oxygen atoms in total. The molecule has 1 aromatic rings. The van der Waals surface area contributed by atoms with E-state index in [2.05, 4.69) is 10.2 Å². The molecule has 1 aliphatic rings. The first-order chi connectivity index (χ1) is 9.47. The van der Waals surface area contributed by atoms with E-state index in [9.17, 15) is 13.2 Å². The summed E-state index contributed by atoms with van der Waals surface area (Å²) in [7, 11) is 0. The average molecular weight is 309 g/mol. The van der Waals surface area contributed by atoms with Crippen molar-refractivity contribution in [1.82, 2.24) is 4.90 Å². The molecule has 0 aromatic heterocycles. The van der Waals surface area contributed by atoms with Gasteiger partial charge in [-0.2, -0.15) is 13.2 Å². The van der Waals surface area contributed by atoms with Gasteiger partial charge in [-0.25, -0.2) is 0 Å². The van der Waals surface area contributed by atoms with Gasteiger partial charge < -0.3 is 10.1 Å². The quantitative estimate of drug-likeness (QED) is 0.925. The molecule has 112 valence electrons. The van der Waals surface area contributed by atoms with Gasteiger partial charge in [-0.15, -0.1) is 0 Å². The van der Waals surface area contributed by atoms with Crippen LogP contribution < -0.4 is 5.32 Å². The van der Waals surface area contributed by atoms with E-state index in [0.717, 1.165) is 45.0 Å². The van der Waals surface area contributed by atoms with Crippen molar-refractivity contribution in [3.05, 3.63) is 28.8 Å². The number of hydrogen-bond acceptors (Lipinski definition) is 3. The van der Waals surface area contributed by atoms with Gasteiger partial charge in [-0.3, -0.25) is 4.90 Å². The van der Waals surface area contributed by atoms with Gasteiger partial charge in [0.1, 0.15) is 0 Å². The third-order valence-electron chi connectivity index (χ3n) is 3.14. The smallest absolute Gasteiger partial charge is 0.383 e. The summed E-state index contributed by atoms with van der Waals surface area (Å²) in [5.74, 6) is 0. The molecule has 0 spiro atoms. The molecule has 1 saturated heterocycles. The summed E-state index contributed by atoms with van der Waals surface area (Å²) in [5, 5.41) is 3.14. The molecular weight excluding hydrogens is 293 g/mol. The number of hydrogen-bond donors (Lipinski definition) is 1. The van der Waals surface area contributed by atoms with E-state index in [1.165, 1.54) is 6.07 Å². The molecule has 0 saturated carbocycles. The fourth-order valence-corrected chi connectivity index (χ4v) is 2.26. The Labute approximate surface area is 120 Å². The van der Waals surface area contributed by atoms with Crippen molar-refractivity contribution in [2.45, 2.75) is 6.18 Å². The Hall–Kier alpha value is -0.980. The summed E-state index contributed by atoms with van der Waals surface area (Å²) >= 11 is 5.86. The van der Waals surface area contributed by atoms with Crippen LogP contribution in [0.3, 0.4) is 0 Å². The summed E-state index contributed by atoms with van der Waals surface area (Å²) in [6.07, 6.45) is -4.37. The molecule has 1 aromatic carbocycles. The summed E-state index contributed by atoms with van der Waals surface area (Å²) < 4.78 is 42.7.